The SMILES string of the molecule is CCC1CCCC(C(O)c2ccc(Br)cc2C(F)(F)F)C1. The first-order valence-electron chi connectivity index (χ1n) is 7.37. The fourth-order valence-electron chi connectivity index (χ4n) is 3.28. The van der Waals surface area contributed by atoms with Gasteiger partial charge in [0.2, 0.25) is 0 Å². The summed E-state index contributed by atoms with van der Waals surface area (Å²) in [6, 6.07) is 4.01. The Morgan fingerprint density at radius 1 is 1.33 bits per heavy atom. The smallest absolute Gasteiger partial charge is 0.388 e. The van der Waals surface area contributed by atoms with Gasteiger partial charge in [-0.1, -0.05) is 48.2 Å². The van der Waals surface area contributed by atoms with Gasteiger partial charge in [-0.15, -0.1) is 0 Å². The lowest BCUT2D eigenvalue weighted by molar-refractivity contribution is -0.139. The minimum Gasteiger partial charge on any atom is -0.388 e. The van der Waals surface area contributed by atoms with E-state index in [-0.39, 0.29) is 11.5 Å². The van der Waals surface area contributed by atoms with Crippen LogP contribution in [0.5, 0.6) is 0 Å². The molecule has 1 saturated carbocycles. The first kappa shape index (κ1) is 16.8. The van der Waals surface area contributed by atoms with E-state index in [2.05, 4.69) is 22.9 Å². The summed E-state index contributed by atoms with van der Waals surface area (Å²) in [4.78, 5) is 0. The van der Waals surface area contributed by atoms with E-state index in [1.807, 2.05) is 0 Å². The van der Waals surface area contributed by atoms with Crippen LogP contribution in [0.4, 0.5) is 13.2 Å². The molecule has 1 aliphatic carbocycles. The summed E-state index contributed by atoms with van der Waals surface area (Å²) in [5.41, 5.74) is -0.726. The Balaban J connectivity index is 2.28. The highest BCUT2D eigenvalue weighted by molar-refractivity contribution is 9.10. The first-order chi connectivity index (χ1) is 9.82. The highest BCUT2D eigenvalue weighted by atomic mass is 79.9. The molecule has 0 spiro atoms. The summed E-state index contributed by atoms with van der Waals surface area (Å²) >= 11 is 3.07. The van der Waals surface area contributed by atoms with Crippen LogP contribution >= 0.6 is 15.9 Å². The van der Waals surface area contributed by atoms with Gasteiger partial charge in [-0.25, -0.2) is 0 Å². The van der Waals surface area contributed by atoms with Crippen LogP contribution in [0.25, 0.3) is 0 Å². The van der Waals surface area contributed by atoms with Gasteiger partial charge in [0.25, 0.3) is 0 Å². The summed E-state index contributed by atoms with van der Waals surface area (Å²) in [5.74, 6) is 0.439. The van der Waals surface area contributed by atoms with E-state index in [1.165, 1.54) is 6.07 Å². The molecule has 1 aromatic carbocycles. The van der Waals surface area contributed by atoms with Crippen molar-refractivity contribution >= 4 is 15.9 Å². The molecular formula is C16H20BrF3O. The van der Waals surface area contributed by atoms with Gasteiger partial charge >= 0.3 is 6.18 Å². The molecule has 21 heavy (non-hydrogen) atoms. The predicted molar refractivity (Wildman–Crippen MR) is 79.8 cm³/mol. The molecule has 0 saturated heterocycles. The highest BCUT2D eigenvalue weighted by Gasteiger charge is 2.37. The van der Waals surface area contributed by atoms with E-state index < -0.39 is 17.8 Å². The first-order valence-corrected chi connectivity index (χ1v) is 8.17. The van der Waals surface area contributed by atoms with Crippen molar-refractivity contribution in [2.24, 2.45) is 11.8 Å². The second-order valence-electron chi connectivity index (χ2n) is 5.88. The van der Waals surface area contributed by atoms with Crippen molar-refractivity contribution in [3.63, 3.8) is 0 Å². The van der Waals surface area contributed by atoms with E-state index in [4.69, 9.17) is 0 Å². The summed E-state index contributed by atoms with van der Waals surface area (Å²) < 4.78 is 39.9. The monoisotopic (exact) mass is 364 g/mol. The minimum atomic E-state index is -4.45. The normalized spacial score (nSPS) is 24.9. The highest BCUT2D eigenvalue weighted by Crippen LogP contribution is 2.43. The van der Waals surface area contributed by atoms with Crippen molar-refractivity contribution < 1.29 is 18.3 Å². The molecular weight excluding hydrogens is 345 g/mol. The number of aliphatic hydroxyl groups excluding tert-OH is 1. The quantitative estimate of drug-likeness (QED) is 0.727. The molecule has 1 aromatic rings. The van der Waals surface area contributed by atoms with Gasteiger partial charge in [0.1, 0.15) is 0 Å². The molecule has 118 valence electrons. The fraction of sp³-hybridized carbons (Fsp3) is 0.625. The molecule has 3 unspecified atom stereocenters. The number of benzene rings is 1. The molecule has 0 amide bonds. The lowest BCUT2D eigenvalue weighted by Crippen LogP contribution is -2.23. The maximum atomic E-state index is 13.2. The number of rotatable bonds is 3. The number of hydrogen-bond acceptors (Lipinski definition) is 1. The lowest BCUT2D eigenvalue weighted by Gasteiger charge is -2.33. The molecule has 2 rings (SSSR count). The number of hydrogen-bond donors (Lipinski definition) is 1. The molecule has 3 atom stereocenters. The van der Waals surface area contributed by atoms with Gasteiger partial charge < -0.3 is 5.11 Å². The van der Waals surface area contributed by atoms with E-state index in [9.17, 15) is 18.3 Å². The van der Waals surface area contributed by atoms with E-state index >= 15 is 0 Å². The minimum absolute atomic E-state index is 0.00690. The molecule has 5 heteroatoms. The predicted octanol–water partition coefficient (Wildman–Crippen LogP) is 5.72. The van der Waals surface area contributed by atoms with Gasteiger partial charge in [0.15, 0.2) is 0 Å². The van der Waals surface area contributed by atoms with Gasteiger partial charge in [-0.3, -0.25) is 0 Å². The van der Waals surface area contributed by atoms with Gasteiger partial charge in [0, 0.05) is 4.47 Å². The van der Waals surface area contributed by atoms with E-state index in [0.717, 1.165) is 38.2 Å². The Morgan fingerprint density at radius 2 is 2.05 bits per heavy atom. The second-order valence-corrected chi connectivity index (χ2v) is 6.79. The Morgan fingerprint density at radius 3 is 2.67 bits per heavy atom. The third-order valence-corrected chi connectivity index (χ3v) is 4.98. The van der Waals surface area contributed by atoms with E-state index in [1.54, 1.807) is 6.07 Å². The zero-order valence-electron chi connectivity index (χ0n) is 12.0. The van der Waals surface area contributed by atoms with Crippen molar-refractivity contribution in [3.05, 3.63) is 33.8 Å². The number of aliphatic hydroxyl groups is 1. The van der Waals surface area contributed by atoms with Crippen LogP contribution in [0, 0.1) is 11.8 Å². The van der Waals surface area contributed by atoms with Crippen molar-refractivity contribution in [1.29, 1.82) is 0 Å². The van der Waals surface area contributed by atoms with Crippen molar-refractivity contribution in [2.45, 2.75) is 51.3 Å². The van der Waals surface area contributed by atoms with Crippen LogP contribution in [-0.2, 0) is 6.18 Å². The molecule has 1 aliphatic rings. The Bertz CT molecular complexity index is 487. The zero-order valence-corrected chi connectivity index (χ0v) is 13.5. The third-order valence-electron chi connectivity index (χ3n) is 4.49. The maximum absolute atomic E-state index is 13.2. The fourth-order valence-corrected chi connectivity index (χ4v) is 3.64. The van der Waals surface area contributed by atoms with Crippen LogP contribution in [-0.4, -0.2) is 5.11 Å². The van der Waals surface area contributed by atoms with Gasteiger partial charge in [-0.2, -0.15) is 13.2 Å². The molecule has 0 aliphatic heterocycles. The average Bonchev–Trinajstić information content (AvgIpc) is 2.45. The van der Waals surface area contributed by atoms with Crippen molar-refractivity contribution in [3.8, 4) is 0 Å². The molecule has 0 radical (unpaired) electrons. The molecule has 1 fully saturated rings. The standard InChI is InChI=1S/C16H20BrF3O/c1-2-10-4-3-5-11(8-10)15(21)13-7-6-12(17)9-14(13)16(18,19)20/h6-7,9-11,15,21H,2-5,8H2,1H3. The Hall–Kier alpha value is -0.550. The molecule has 0 heterocycles. The average molecular weight is 365 g/mol. The van der Waals surface area contributed by atoms with Crippen LogP contribution in [0.1, 0.15) is 56.3 Å². The summed E-state index contributed by atoms with van der Waals surface area (Å²) in [6.07, 6.45) is -0.751. The Labute approximate surface area is 131 Å². The maximum Gasteiger partial charge on any atom is 0.416 e. The van der Waals surface area contributed by atoms with Gasteiger partial charge in [-0.05, 0) is 42.4 Å². The Kier molecular flexibility index (Phi) is 5.36. The number of halogens is 4. The number of alkyl halides is 3. The third kappa shape index (κ3) is 4.01. The molecule has 0 aromatic heterocycles. The summed E-state index contributed by atoms with van der Waals surface area (Å²) in [6.45, 7) is 2.10. The van der Waals surface area contributed by atoms with Crippen LogP contribution in [0.3, 0.4) is 0 Å². The molecule has 1 nitrogen and oxygen atoms in total. The second kappa shape index (κ2) is 6.69. The molecule has 0 bridgehead atoms. The summed E-state index contributed by atoms with van der Waals surface area (Å²) in [7, 11) is 0. The van der Waals surface area contributed by atoms with Crippen LogP contribution < -0.4 is 0 Å². The van der Waals surface area contributed by atoms with E-state index in [0.29, 0.717) is 10.4 Å². The topological polar surface area (TPSA) is 20.2 Å². The van der Waals surface area contributed by atoms with Gasteiger partial charge in [0.05, 0.1) is 11.7 Å². The lowest BCUT2D eigenvalue weighted by atomic mass is 9.75. The van der Waals surface area contributed by atoms with Crippen LogP contribution in [0.2, 0.25) is 0 Å². The molecule has 1 N–H and O–H groups in total. The zero-order chi connectivity index (χ0) is 15.6. The largest absolute Gasteiger partial charge is 0.416 e. The van der Waals surface area contributed by atoms with Crippen molar-refractivity contribution in [2.75, 3.05) is 0 Å². The summed E-state index contributed by atoms with van der Waals surface area (Å²) in [5, 5.41) is 10.5. The van der Waals surface area contributed by atoms with Crippen LogP contribution in [0.15, 0.2) is 22.7 Å². The van der Waals surface area contributed by atoms with Crippen molar-refractivity contribution in [1.82, 2.24) is 0 Å².